The number of rotatable bonds is 4. The van der Waals surface area contributed by atoms with Crippen molar-refractivity contribution in [3.63, 3.8) is 0 Å². The number of nitro groups is 1. The lowest BCUT2D eigenvalue weighted by Gasteiger charge is -2.13. The van der Waals surface area contributed by atoms with E-state index in [1.807, 2.05) is 0 Å². The van der Waals surface area contributed by atoms with E-state index < -0.39 is 4.92 Å². The fourth-order valence-corrected chi connectivity index (χ4v) is 1.79. The van der Waals surface area contributed by atoms with Crippen LogP contribution in [0.3, 0.4) is 0 Å². The van der Waals surface area contributed by atoms with Gasteiger partial charge in [-0.2, -0.15) is 5.10 Å². The van der Waals surface area contributed by atoms with Crippen LogP contribution in [0.5, 0.6) is 0 Å². The Kier molecular flexibility index (Phi) is 3.88. The van der Waals surface area contributed by atoms with E-state index in [9.17, 15) is 14.9 Å². The summed E-state index contributed by atoms with van der Waals surface area (Å²) < 4.78 is 1.21. The molecule has 8 heteroatoms. The van der Waals surface area contributed by atoms with E-state index in [4.69, 9.17) is 5.73 Å². The minimum Gasteiger partial charge on any atom is -0.398 e. The van der Waals surface area contributed by atoms with Gasteiger partial charge in [0, 0.05) is 43.5 Å². The second-order valence-electron chi connectivity index (χ2n) is 4.74. The van der Waals surface area contributed by atoms with Crippen molar-refractivity contribution < 1.29 is 4.92 Å². The first-order chi connectivity index (χ1) is 9.88. The van der Waals surface area contributed by atoms with Crippen molar-refractivity contribution in [1.82, 2.24) is 9.78 Å². The average Bonchev–Trinajstić information content (AvgIpc) is 2.42. The Bertz CT molecular complexity index is 739. The van der Waals surface area contributed by atoms with Crippen molar-refractivity contribution in [1.29, 1.82) is 0 Å². The fourth-order valence-electron chi connectivity index (χ4n) is 1.79. The van der Waals surface area contributed by atoms with E-state index in [1.54, 1.807) is 25.2 Å². The molecule has 21 heavy (non-hydrogen) atoms. The van der Waals surface area contributed by atoms with E-state index >= 15 is 0 Å². The number of nitrogens with two attached hydrogens (primary N) is 1. The zero-order valence-electron chi connectivity index (χ0n) is 11.7. The van der Waals surface area contributed by atoms with Crippen LogP contribution in [0.25, 0.3) is 0 Å². The molecule has 0 aliphatic heterocycles. The Hall–Kier alpha value is -2.90. The van der Waals surface area contributed by atoms with E-state index in [2.05, 4.69) is 5.10 Å². The quantitative estimate of drug-likeness (QED) is 0.508. The molecule has 0 unspecified atom stereocenters. The van der Waals surface area contributed by atoms with E-state index in [1.165, 1.54) is 28.9 Å². The summed E-state index contributed by atoms with van der Waals surface area (Å²) in [5.41, 5.74) is 6.97. The first-order valence-corrected chi connectivity index (χ1v) is 6.16. The minimum atomic E-state index is -0.506. The van der Waals surface area contributed by atoms with Crippen LogP contribution in [0.1, 0.15) is 5.56 Å². The van der Waals surface area contributed by atoms with Crippen LogP contribution >= 0.6 is 0 Å². The summed E-state index contributed by atoms with van der Waals surface area (Å²) in [7, 11) is 3.61. The van der Waals surface area contributed by atoms with Crippen molar-refractivity contribution in [2.24, 2.45) is 0 Å². The molecule has 110 valence electrons. The highest BCUT2D eigenvalue weighted by molar-refractivity contribution is 5.52. The summed E-state index contributed by atoms with van der Waals surface area (Å²) in [6, 6.07) is 5.57. The van der Waals surface area contributed by atoms with Crippen LogP contribution in [0.4, 0.5) is 17.1 Å². The van der Waals surface area contributed by atoms with Gasteiger partial charge in [-0.15, -0.1) is 0 Å². The van der Waals surface area contributed by atoms with Gasteiger partial charge in [0.1, 0.15) is 0 Å². The number of hydrogen-bond acceptors (Lipinski definition) is 6. The third-order valence-electron chi connectivity index (χ3n) is 3.03. The molecule has 1 aromatic carbocycles. The zero-order valence-corrected chi connectivity index (χ0v) is 11.7. The molecule has 0 amide bonds. The van der Waals surface area contributed by atoms with Crippen LogP contribution in [0.15, 0.2) is 35.3 Å². The molecule has 0 spiro atoms. The first kappa shape index (κ1) is 14.5. The Morgan fingerprint density at radius 2 is 2.10 bits per heavy atom. The Labute approximate surface area is 120 Å². The lowest BCUT2D eigenvalue weighted by atomic mass is 10.1. The molecule has 0 saturated carbocycles. The molecule has 0 aliphatic carbocycles. The van der Waals surface area contributed by atoms with Gasteiger partial charge in [-0.3, -0.25) is 14.9 Å². The number of nitrogen functional groups attached to an aromatic ring is 1. The molecule has 0 atom stereocenters. The normalized spacial score (nSPS) is 10.4. The molecule has 0 bridgehead atoms. The lowest BCUT2D eigenvalue weighted by molar-refractivity contribution is -0.384. The van der Waals surface area contributed by atoms with Crippen LogP contribution in [-0.4, -0.2) is 28.8 Å². The van der Waals surface area contributed by atoms with Crippen LogP contribution < -0.4 is 16.2 Å². The van der Waals surface area contributed by atoms with Gasteiger partial charge in [0.15, 0.2) is 0 Å². The summed E-state index contributed by atoms with van der Waals surface area (Å²) in [5.74, 6) is 0. The number of benzene rings is 1. The van der Waals surface area contributed by atoms with Crippen LogP contribution in [-0.2, 0) is 6.54 Å². The molecule has 8 nitrogen and oxygen atoms in total. The summed E-state index contributed by atoms with van der Waals surface area (Å²) in [6.45, 7) is 0.0834. The van der Waals surface area contributed by atoms with E-state index in [0.717, 1.165) is 0 Å². The van der Waals surface area contributed by atoms with Gasteiger partial charge in [0.2, 0.25) is 0 Å². The zero-order chi connectivity index (χ0) is 15.6. The number of nitrogens with zero attached hydrogens (tertiary/aromatic N) is 4. The number of anilines is 2. The SMILES string of the molecule is CN(C)c1cnn(Cc2cc([N+](=O)[O-])ccc2N)c(=O)c1. The molecule has 0 saturated heterocycles. The van der Waals surface area contributed by atoms with Gasteiger partial charge < -0.3 is 10.6 Å². The molecule has 0 aliphatic rings. The fraction of sp³-hybridized carbons (Fsp3) is 0.231. The average molecular weight is 289 g/mol. The highest BCUT2D eigenvalue weighted by Crippen LogP contribution is 2.20. The topological polar surface area (TPSA) is 107 Å². The standard InChI is InChI=1S/C13H15N5O3/c1-16(2)11-6-13(19)17(15-7-11)8-9-5-10(18(20)21)3-4-12(9)14/h3-7H,8,14H2,1-2H3. The maximum absolute atomic E-state index is 12.0. The first-order valence-electron chi connectivity index (χ1n) is 6.16. The van der Waals surface area contributed by atoms with E-state index in [-0.39, 0.29) is 17.8 Å². The highest BCUT2D eigenvalue weighted by Gasteiger charge is 2.11. The van der Waals surface area contributed by atoms with Gasteiger partial charge in [-0.05, 0) is 6.07 Å². The van der Waals surface area contributed by atoms with Crippen molar-refractivity contribution in [2.45, 2.75) is 6.54 Å². The summed E-state index contributed by atoms with van der Waals surface area (Å²) in [4.78, 5) is 24.0. The molecule has 2 aromatic rings. The van der Waals surface area contributed by atoms with Gasteiger partial charge in [-0.1, -0.05) is 0 Å². The molecule has 0 fully saturated rings. The Morgan fingerprint density at radius 3 is 2.67 bits per heavy atom. The maximum atomic E-state index is 12.0. The summed E-state index contributed by atoms with van der Waals surface area (Å²) >= 11 is 0. The van der Waals surface area contributed by atoms with Crippen LogP contribution in [0.2, 0.25) is 0 Å². The molecular formula is C13H15N5O3. The van der Waals surface area contributed by atoms with Crippen LogP contribution in [0, 0.1) is 10.1 Å². The van der Waals surface area contributed by atoms with Crippen molar-refractivity contribution in [3.05, 3.63) is 56.5 Å². The third-order valence-corrected chi connectivity index (χ3v) is 3.03. The highest BCUT2D eigenvalue weighted by atomic mass is 16.6. The summed E-state index contributed by atoms with van der Waals surface area (Å²) in [6.07, 6.45) is 1.55. The molecular weight excluding hydrogens is 274 g/mol. The van der Waals surface area contributed by atoms with E-state index in [0.29, 0.717) is 16.9 Å². The minimum absolute atomic E-state index is 0.0721. The van der Waals surface area contributed by atoms with Gasteiger partial charge in [-0.25, -0.2) is 4.68 Å². The number of hydrogen-bond donors (Lipinski definition) is 1. The molecule has 2 rings (SSSR count). The van der Waals surface area contributed by atoms with Gasteiger partial charge in [0.25, 0.3) is 11.2 Å². The summed E-state index contributed by atoms with van der Waals surface area (Å²) in [5, 5.41) is 14.8. The van der Waals surface area contributed by atoms with Crippen molar-refractivity contribution in [3.8, 4) is 0 Å². The van der Waals surface area contributed by atoms with Crippen molar-refractivity contribution >= 4 is 17.1 Å². The third kappa shape index (κ3) is 3.16. The monoisotopic (exact) mass is 289 g/mol. The van der Waals surface area contributed by atoms with Gasteiger partial charge >= 0.3 is 0 Å². The number of non-ortho nitro benzene ring substituents is 1. The largest absolute Gasteiger partial charge is 0.398 e. The predicted molar refractivity (Wildman–Crippen MR) is 79.4 cm³/mol. The predicted octanol–water partition coefficient (Wildman–Crippen LogP) is 0.848. The molecule has 2 N–H and O–H groups in total. The Balaban J connectivity index is 2.36. The second kappa shape index (κ2) is 5.61. The van der Waals surface area contributed by atoms with Gasteiger partial charge in [0.05, 0.1) is 23.4 Å². The lowest BCUT2D eigenvalue weighted by Crippen LogP contribution is -2.25. The van der Waals surface area contributed by atoms with Crippen molar-refractivity contribution in [2.75, 3.05) is 24.7 Å². The molecule has 0 radical (unpaired) electrons. The Morgan fingerprint density at radius 1 is 1.38 bits per heavy atom. The molecule has 1 aromatic heterocycles. The number of nitro benzene ring substituents is 1. The maximum Gasteiger partial charge on any atom is 0.269 e. The molecule has 1 heterocycles. The number of aromatic nitrogens is 2. The second-order valence-corrected chi connectivity index (χ2v) is 4.74. The smallest absolute Gasteiger partial charge is 0.269 e.